The molecule has 1 saturated heterocycles. The highest BCUT2D eigenvalue weighted by molar-refractivity contribution is 5.94. The summed E-state index contributed by atoms with van der Waals surface area (Å²) in [4.78, 5) is 42.6. The number of hydrogen-bond acceptors (Lipinski definition) is 10. The number of anilines is 1. The molecular formula is C25H25F3N8O5. The third-order valence-electron chi connectivity index (χ3n) is 6.99. The van der Waals surface area contributed by atoms with Gasteiger partial charge in [0.2, 0.25) is 5.82 Å². The number of nitrogens with two attached hydrogens (primary N) is 1. The summed E-state index contributed by atoms with van der Waals surface area (Å²) in [6.45, 7) is -0.0600. The molecule has 216 valence electrons. The number of aromatic nitrogens is 5. The Morgan fingerprint density at radius 2 is 1.98 bits per heavy atom. The molecule has 0 spiro atoms. The largest absolute Gasteiger partial charge is 0.433 e. The summed E-state index contributed by atoms with van der Waals surface area (Å²) < 4.78 is 45.5. The zero-order chi connectivity index (χ0) is 29.5. The lowest BCUT2D eigenvalue weighted by atomic mass is 9.91. The van der Waals surface area contributed by atoms with Crippen molar-refractivity contribution >= 4 is 28.8 Å². The molecule has 3 aromatic heterocycles. The average molecular weight is 575 g/mol. The van der Waals surface area contributed by atoms with Crippen molar-refractivity contribution in [3.05, 3.63) is 41.7 Å². The predicted molar refractivity (Wildman–Crippen MR) is 135 cm³/mol. The molecule has 2 fully saturated rings. The molecule has 4 atom stereocenters. The van der Waals surface area contributed by atoms with Crippen LogP contribution in [0.3, 0.4) is 0 Å². The monoisotopic (exact) mass is 574 g/mol. The Bertz CT molecular complexity index is 1530. The Kier molecular flexibility index (Phi) is 7.51. The van der Waals surface area contributed by atoms with Gasteiger partial charge in [0.05, 0.1) is 18.4 Å². The number of alkyl halides is 3. The molecule has 3 aromatic rings. The first kappa shape index (κ1) is 28.2. The third-order valence-corrected chi connectivity index (χ3v) is 6.99. The van der Waals surface area contributed by atoms with E-state index < -0.39 is 48.2 Å². The number of likely N-dealkylation sites (N-methyl/N-ethyl adjacent to an activating group) is 1. The first-order valence-electron chi connectivity index (χ1n) is 12.6. The van der Waals surface area contributed by atoms with Gasteiger partial charge in [-0.1, -0.05) is 5.92 Å². The van der Waals surface area contributed by atoms with Gasteiger partial charge in [0.1, 0.15) is 23.4 Å². The highest BCUT2D eigenvalue weighted by Crippen LogP contribution is 2.32. The van der Waals surface area contributed by atoms with Crippen molar-refractivity contribution < 1.29 is 37.7 Å². The topological polar surface area (TPSA) is 182 Å². The highest BCUT2D eigenvalue weighted by atomic mass is 19.4. The second-order valence-corrected chi connectivity index (χ2v) is 9.55. The van der Waals surface area contributed by atoms with Gasteiger partial charge in [-0.3, -0.25) is 19.1 Å². The van der Waals surface area contributed by atoms with Gasteiger partial charge in [-0.2, -0.15) is 13.2 Å². The van der Waals surface area contributed by atoms with E-state index in [9.17, 15) is 33.0 Å². The Morgan fingerprint density at radius 1 is 1.22 bits per heavy atom. The number of fused-ring (bicyclic) bond motifs is 1. The molecule has 0 unspecified atom stereocenters. The van der Waals surface area contributed by atoms with Crippen LogP contribution in [0.15, 0.2) is 24.7 Å². The first-order chi connectivity index (χ1) is 19.5. The summed E-state index contributed by atoms with van der Waals surface area (Å²) in [5.74, 6) is 4.37. The second kappa shape index (κ2) is 10.9. The fourth-order valence-electron chi connectivity index (χ4n) is 4.55. The molecule has 5 N–H and O–H groups in total. The normalized spacial score (nSPS) is 22.6. The Hall–Kier alpha value is -4.33. The van der Waals surface area contributed by atoms with Crippen LogP contribution >= 0.6 is 0 Å². The zero-order valence-electron chi connectivity index (χ0n) is 21.5. The number of hydrogen-bond donors (Lipinski definition) is 4. The lowest BCUT2D eigenvalue weighted by Gasteiger charge is -2.36. The fourth-order valence-corrected chi connectivity index (χ4v) is 4.55. The van der Waals surface area contributed by atoms with E-state index in [2.05, 4.69) is 37.1 Å². The van der Waals surface area contributed by atoms with E-state index >= 15 is 0 Å². The number of halogens is 3. The van der Waals surface area contributed by atoms with Crippen LogP contribution < -0.4 is 11.1 Å². The van der Waals surface area contributed by atoms with E-state index in [0.29, 0.717) is 0 Å². The molecule has 2 aliphatic rings. The lowest BCUT2D eigenvalue weighted by molar-refractivity contribution is -0.141. The zero-order valence-corrected chi connectivity index (χ0v) is 21.5. The molecule has 0 radical (unpaired) electrons. The van der Waals surface area contributed by atoms with Crippen molar-refractivity contribution in [1.82, 2.24) is 34.7 Å². The van der Waals surface area contributed by atoms with Crippen molar-refractivity contribution in [2.75, 3.05) is 19.3 Å². The smallest absolute Gasteiger partial charge is 0.387 e. The molecule has 1 aliphatic heterocycles. The summed E-state index contributed by atoms with van der Waals surface area (Å²) in [5.41, 5.74) is 5.25. The SMILES string of the molecule is CNC(=O)[C@H]1O[C@@H](n2cnc3c(N)nc(C#CCN(C(=O)c4ccc(C(F)(F)F)nc4)C4CCC4)nc32)[C@H](O)[C@@H]1O. The summed E-state index contributed by atoms with van der Waals surface area (Å²) >= 11 is 0. The molecule has 0 aromatic carbocycles. The number of ether oxygens (including phenoxy) is 1. The van der Waals surface area contributed by atoms with Crippen LogP contribution in [-0.2, 0) is 15.7 Å². The summed E-state index contributed by atoms with van der Waals surface area (Å²) in [5, 5.41) is 23.2. The third kappa shape index (κ3) is 5.38. The average Bonchev–Trinajstić information content (AvgIpc) is 3.46. The second-order valence-electron chi connectivity index (χ2n) is 9.55. The van der Waals surface area contributed by atoms with E-state index in [1.54, 1.807) is 0 Å². The van der Waals surface area contributed by atoms with Crippen LogP contribution in [0.5, 0.6) is 0 Å². The van der Waals surface area contributed by atoms with E-state index in [1.165, 1.54) is 22.8 Å². The number of nitrogen functional groups attached to an aromatic ring is 1. The fraction of sp³-hybridized carbons (Fsp3) is 0.440. The van der Waals surface area contributed by atoms with Crippen molar-refractivity contribution in [3.63, 3.8) is 0 Å². The summed E-state index contributed by atoms with van der Waals surface area (Å²) in [7, 11) is 1.36. The number of carbonyl (C=O) groups is 2. The van der Waals surface area contributed by atoms with Gasteiger partial charge in [-0.05, 0) is 37.3 Å². The number of carbonyl (C=O) groups excluding carboxylic acids is 2. The number of imidazole rings is 1. The van der Waals surface area contributed by atoms with Gasteiger partial charge in [-0.15, -0.1) is 0 Å². The summed E-state index contributed by atoms with van der Waals surface area (Å²) in [6, 6.07) is 1.71. The summed E-state index contributed by atoms with van der Waals surface area (Å²) in [6.07, 6.45) is -5.63. The number of nitrogens with one attached hydrogen (secondary N) is 1. The molecule has 16 heteroatoms. The molecule has 4 heterocycles. The maximum Gasteiger partial charge on any atom is 0.433 e. The van der Waals surface area contributed by atoms with E-state index in [4.69, 9.17) is 10.5 Å². The maximum absolute atomic E-state index is 13.1. The molecular weight excluding hydrogens is 549 g/mol. The van der Waals surface area contributed by atoms with Crippen molar-refractivity contribution in [3.8, 4) is 11.8 Å². The molecule has 5 rings (SSSR count). The molecule has 1 saturated carbocycles. The van der Waals surface area contributed by atoms with E-state index in [-0.39, 0.29) is 41.0 Å². The number of aliphatic hydroxyl groups excluding tert-OH is 2. The first-order valence-corrected chi connectivity index (χ1v) is 12.6. The standard InChI is InChI=1S/C25H25F3N8O5/c1-30-22(39)19-17(37)18(38)24(41-19)36-11-32-16-20(29)33-15(34-21(16)36)6-3-9-35(13-4-2-5-13)23(40)12-7-8-14(31-10-12)25(26,27)28/h7-8,10-11,13,17-19,24,37-38H,2,4-5,9H2,1H3,(H,30,39)(H2,29,33,34)/t17-,18+,19-,24+/m0/s1. The van der Waals surface area contributed by atoms with Gasteiger partial charge in [-0.25, -0.2) is 15.0 Å². The van der Waals surface area contributed by atoms with Crippen LogP contribution in [0.1, 0.15) is 47.4 Å². The Labute approximate surface area is 230 Å². The van der Waals surface area contributed by atoms with E-state index in [1.807, 2.05) is 0 Å². The maximum atomic E-state index is 13.1. The van der Waals surface area contributed by atoms with Crippen molar-refractivity contribution in [2.24, 2.45) is 0 Å². The van der Waals surface area contributed by atoms with Crippen LogP contribution in [0.4, 0.5) is 19.0 Å². The van der Waals surface area contributed by atoms with Crippen LogP contribution in [0, 0.1) is 11.8 Å². The van der Waals surface area contributed by atoms with Gasteiger partial charge >= 0.3 is 6.18 Å². The van der Waals surface area contributed by atoms with Crippen LogP contribution in [0.2, 0.25) is 0 Å². The van der Waals surface area contributed by atoms with Gasteiger partial charge in [0, 0.05) is 19.3 Å². The molecule has 0 bridgehead atoms. The highest BCUT2D eigenvalue weighted by Gasteiger charge is 2.47. The number of pyridine rings is 1. The molecule has 1 aliphatic carbocycles. The van der Waals surface area contributed by atoms with Gasteiger partial charge < -0.3 is 30.9 Å². The minimum absolute atomic E-state index is 0.00452. The molecule has 2 amide bonds. The van der Waals surface area contributed by atoms with Crippen molar-refractivity contribution in [1.29, 1.82) is 0 Å². The van der Waals surface area contributed by atoms with Crippen molar-refractivity contribution in [2.45, 2.75) is 56.0 Å². The number of nitrogens with zero attached hydrogens (tertiary/aromatic N) is 6. The minimum Gasteiger partial charge on any atom is -0.387 e. The number of rotatable bonds is 5. The molecule has 13 nitrogen and oxygen atoms in total. The molecule has 41 heavy (non-hydrogen) atoms. The van der Waals surface area contributed by atoms with Crippen LogP contribution in [-0.4, -0.2) is 89.4 Å². The Morgan fingerprint density at radius 3 is 2.59 bits per heavy atom. The quantitative estimate of drug-likeness (QED) is 0.308. The van der Waals surface area contributed by atoms with Gasteiger partial charge in [0.15, 0.2) is 23.8 Å². The number of aliphatic hydroxyl groups is 2. The van der Waals surface area contributed by atoms with Crippen LogP contribution in [0.25, 0.3) is 11.2 Å². The lowest BCUT2D eigenvalue weighted by Crippen LogP contribution is -2.44. The number of amides is 2. The van der Waals surface area contributed by atoms with E-state index in [0.717, 1.165) is 37.6 Å². The minimum atomic E-state index is -4.62. The van der Waals surface area contributed by atoms with Gasteiger partial charge in [0.25, 0.3) is 11.8 Å². The Balaban J connectivity index is 1.38. The predicted octanol–water partition coefficient (Wildman–Crippen LogP) is 0.234.